The first-order valence-electron chi connectivity index (χ1n) is 1.59. The minimum absolute atomic E-state index is 0. The maximum atomic E-state index is 9.54. The van der Waals surface area contributed by atoms with Crippen LogP contribution in [0.4, 0.5) is 0 Å². The second kappa shape index (κ2) is 5.08. The molecule has 0 fully saturated rings. The van der Waals surface area contributed by atoms with Crippen LogP contribution in [-0.4, -0.2) is 17.0 Å². The molecule has 0 spiro atoms. The van der Waals surface area contributed by atoms with E-state index in [1.54, 1.807) is 0 Å². The molecule has 0 aliphatic carbocycles. The second-order valence-corrected chi connectivity index (χ2v) is 0.994. The summed E-state index contributed by atoms with van der Waals surface area (Å²) in [6, 6.07) is 0. The van der Waals surface area contributed by atoms with E-state index >= 15 is 0 Å². The number of nitrogens with one attached hydrogen (secondary N) is 1. The Kier molecular flexibility index (Phi) is 6.89. The number of carboxylic acids is 1. The van der Waals surface area contributed by atoms with Crippen LogP contribution in [0.25, 0.3) is 0 Å². The molecule has 0 aliphatic rings. The van der Waals surface area contributed by atoms with E-state index in [1.165, 1.54) is 0 Å². The van der Waals surface area contributed by atoms with E-state index in [1.807, 2.05) is 0 Å². The third-order valence-corrected chi connectivity index (χ3v) is 0.312. The SMILES string of the molecule is N=C([O-])CC(=O)O.[Na+]. The zero-order valence-corrected chi connectivity index (χ0v) is 6.47. The monoisotopic (exact) mass is 125 g/mol. The van der Waals surface area contributed by atoms with Crippen LogP contribution < -0.4 is 34.7 Å². The molecular weight excluding hydrogens is 121 g/mol. The summed E-state index contributed by atoms with van der Waals surface area (Å²) in [7, 11) is 0. The molecule has 0 aromatic heterocycles. The van der Waals surface area contributed by atoms with Crippen molar-refractivity contribution in [3.05, 3.63) is 0 Å². The summed E-state index contributed by atoms with van der Waals surface area (Å²) in [5, 5.41) is 23.4. The molecule has 0 saturated carbocycles. The van der Waals surface area contributed by atoms with Crippen molar-refractivity contribution in [2.45, 2.75) is 6.42 Å². The fourth-order valence-corrected chi connectivity index (χ4v) is 0.137. The van der Waals surface area contributed by atoms with Gasteiger partial charge >= 0.3 is 35.5 Å². The van der Waals surface area contributed by atoms with Gasteiger partial charge in [-0.15, -0.1) is 0 Å². The first kappa shape index (κ1) is 10.8. The molecule has 5 heteroatoms. The van der Waals surface area contributed by atoms with Crippen molar-refractivity contribution in [2.24, 2.45) is 0 Å². The summed E-state index contributed by atoms with van der Waals surface area (Å²) in [5.74, 6) is -2.31. The Morgan fingerprint density at radius 1 is 1.75 bits per heavy atom. The van der Waals surface area contributed by atoms with Gasteiger partial charge in [-0.1, -0.05) is 0 Å². The van der Waals surface area contributed by atoms with E-state index in [4.69, 9.17) is 10.5 Å². The van der Waals surface area contributed by atoms with E-state index in [-0.39, 0.29) is 29.6 Å². The normalized spacial score (nSPS) is 7.00. The van der Waals surface area contributed by atoms with Gasteiger partial charge in [0.25, 0.3) is 0 Å². The van der Waals surface area contributed by atoms with Gasteiger partial charge in [0.2, 0.25) is 0 Å². The molecular formula is C3H4NNaO3. The molecule has 0 aliphatic heterocycles. The fourth-order valence-electron chi connectivity index (χ4n) is 0.137. The van der Waals surface area contributed by atoms with Gasteiger partial charge in [0, 0.05) is 0 Å². The first-order chi connectivity index (χ1) is 3.13. The summed E-state index contributed by atoms with van der Waals surface area (Å²) in [6.45, 7) is 0. The summed E-state index contributed by atoms with van der Waals surface area (Å²) in [5.41, 5.74) is 0. The molecule has 8 heavy (non-hydrogen) atoms. The van der Waals surface area contributed by atoms with Crippen molar-refractivity contribution in [3.63, 3.8) is 0 Å². The maximum Gasteiger partial charge on any atom is 1.00 e. The van der Waals surface area contributed by atoms with Gasteiger partial charge in [0.1, 0.15) is 0 Å². The van der Waals surface area contributed by atoms with Gasteiger partial charge in [-0.2, -0.15) is 0 Å². The summed E-state index contributed by atoms with van der Waals surface area (Å²) >= 11 is 0. The van der Waals surface area contributed by atoms with Crippen LogP contribution in [0.5, 0.6) is 0 Å². The number of aliphatic carboxylic acids is 1. The first-order valence-corrected chi connectivity index (χ1v) is 1.59. The number of rotatable bonds is 2. The average molecular weight is 125 g/mol. The molecule has 40 valence electrons. The minimum Gasteiger partial charge on any atom is -0.862 e. The molecule has 0 bridgehead atoms. The van der Waals surface area contributed by atoms with Crippen LogP contribution in [0.1, 0.15) is 6.42 Å². The zero-order valence-electron chi connectivity index (χ0n) is 4.47. The van der Waals surface area contributed by atoms with Crippen LogP contribution in [0.15, 0.2) is 0 Å². The van der Waals surface area contributed by atoms with E-state index in [9.17, 15) is 9.90 Å². The molecule has 0 radical (unpaired) electrons. The number of hydrogen-bond acceptors (Lipinski definition) is 3. The van der Waals surface area contributed by atoms with Crippen molar-refractivity contribution in [1.29, 1.82) is 5.41 Å². The van der Waals surface area contributed by atoms with Crippen molar-refractivity contribution >= 4 is 11.9 Å². The van der Waals surface area contributed by atoms with Crippen LogP contribution in [0.3, 0.4) is 0 Å². The molecule has 0 amide bonds. The number of carboxylic acid groups (broad SMARTS) is 1. The molecule has 0 heterocycles. The van der Waals surface area contributed by atoms with Crippen LogP contribution in [0.2, 0.25) is 0 Å². The van der Waals surface area contributed by atoms with Gasteiger partial charge in [-0.25, -0.2) is 0 Å². The Morgan fingerprint density at radius 3 is 2.12 bits per heavy atom. The predicted molar refractivity (Wildman–Crippen MR) is 20.0 cm³/mol. The maximum absolute atomic E-state index is 9.54. The minimum atomic E-state index is -1.25. The van der Waals surface area contributed by atoms with Gasteiger partial charge in [0.15, 0.2) is 0 Å². The van der Waals surface area contributed by atoms with Gasteiger partial charge in [0.05, 0.1) is 6.42 Å². The molecule has 0 aromatic carbocycles. The Balaban J connectivity index is 0. The van der Waals surface area contributed by atoms with E-state index in [0.717, 1.165) is 0 Å². The van der Waals surface area contributed by atoms with Crippen molar-refractivity contribution in [2.75, 3.05) is 0 Å². The molecule has 0 atom stereocenters. The molecule has 0 aromatic rings. The summed E-state index contributed by atoms with van der Waals surface area (Å²) < 4.78 is 0. The second-order valence-electron chi connectivity index (χ2n) is 0.994. The quantitative estimate of drug-likeness (QED) is 0.223. The molecule has 4 nitrogen and oxygen atoms in total. The molecule has 0 unspecified atom stereocenters. The zero-order chi connectivity index (χ0) is 5.86. The average Bonchev–Trinajstić information content (AvgIpc) is 1.27. The van der Waals surface area contributed by atoms with Gasteiger partial charge < -0.3 is 15.6 Å². The predicted octanol–water partition coefficient (Wildman–Crippen LogP) is -4.20. The summed E-state index contributed by atoms with van der Waals surface area (Å²) in [4.78, 5) is 9.47. The summed E-state index contributed by atoms with van der Waals surface area (Å²) in [6.07, 6.45) is -0.694. The van der Waals surface area contributed by atoms with Crippen LogP contribution >= 0.6 is 0 Å². The standard InChI is InChI=1S/C3H5NO3.Na/c4-2(5)1-3(6)7;/h1H2,(H2,4,5)(H,6,7);/q;+1/p-1. The van der Waals surface area contributed by atoms with E-state index < -0.39 is 18.3 Å². The van der Waals surface area contributed by atoms with Crippen molar-refractivity contribution in [3.8, 4) is 0 Å². The Morgan fingerprint density at radius 2 is 2.12 bits per heavy atom. The Labute approximate surface area is 68.3 Å². The van der Waals surface area contributed by atoms with Gasteiger partial charge in [-0.05, 0) is 5.90 Å². The van der Waals surface area contributed by atoms with Crippen molar-refractivity contribution in [1.82, 2.24) is 0 Å². The molecule has 0 saturated heterocycles. The fraction of sp³-hybridized carbons (Fsp3) is 0.333. The Bertz CT molecular complexity index is 90.7. The smallest absolute Gasteiger partial charge is 0.862 e. The van der Waals surface area contributed by atoms with Gasteiger partial charge in [-0.3, -0.25) is 4.79 Å². The van der Waals surface area contributed by atoms with Crippen molar-refractivity contribution < 1.29 is 44.6 Å². The third kappa shape index (κ3) is 9.34. The Hall–Kier alpha value is -0.0600. The number of carbonyl (C=O) groups is 1. The van der Waals surface area contributed by atoms with E-state index in [0.29, 0.717) is 0 Å². The number of hydrogen-bond donors (Lipinski definition) is 2. The topological polar surface area (TPSA) is 84.2 Å². The molecule has 0 rings (SSSR count). The largest absolute Gasteiger partial charge is 1.00 e. The van der Waals surface area contributed by atoms with E-state index in [2.05, 4.69) is 0 Å². The molecule has 2 N–H and O–H groups in total. The van der Waals surface area contributed by atoms with Crippen LogP contribution in [-0.2, 0) is 4.79 Å². The van der Waals surface area contributed by atoms with Crippen LogP contribution in [0, 0.1) is 5.41 Å². The third-order valence-electron chi connectivity index (χ3n) is 0.312.